The first kappa shape index (κ1) is 14.2. The van der Waals surface area contributed by atoms with Crippen molar-refractivity contribution in [2.75, 3.05) is 13.1 Å². The van der Waals surface area contributed by atoms with Gasteiger partial charge < -0.3 is 10.6 Å². The van der Waals surface area contributed by atoms with Gasteiger partial charge in [-0.3, -0.25) is 14.7 Å². The molecule has 2 aromatic rings. The first-order chi connectivity index (χ1) is 9.75. The summed E-state index contributed by atoms with van der Waals surface area (Å²) in [5, 5.41) is 15.5. The van der Waals surface area contributed by atoms with E-state index in [4.69, 9.17) is 0 Å². The van der Waals surface area contributed by atoms with E-state index in [9.17, 15) is 9.59 Å². The van der Waals surface area contributed by atoms with Gasteiger partial charge in [0.15, 0.2) is 0 Å². The number of carbonyl (C=O) groups is 2. The molecule has 2 rings (SSSR count). The summed E-state index contributed by atoms with van der Waals surface area (Å²) in [7, 11) is 0. The molecule has 0 fully saturated rings. The zero-order chi connectivity index (χ0) is 14.2. The molecule has 106 valence electrons. The predicted octanol–water partition coefficient (Wildman–Crippen LogP) is 0.345. The van der Waals surface area contributed by atoms with Crippen molar-refractivity contribution in [3.05, 3.63) is 34.5 Å². The molecular weight excluding hydrogens is 278 g/mol. The van der Waals surface area contributed by atoms with E-state index < -0.39 is 0 Å². The number of aromatic amines is 1. The van der Waals surface area contributed by atoms with Crippen LogP contribution in [0.3, 0.4) is 0 Å². The van der Waals surface area contributed by atoms with Crippen LogP contribution in [-0.4, -0.2) is 40.1 Å². The molecule has 20 heavy (non-hydrogen) atoms. The fourth-order valence-corrected chi connectivity index (χ4v) is 2.18. The first-order valence-corrected chi connectivity index (χ1v) is 7.11. The van der Waals surface area contributed by atoms with Crippen molar-refractivity contribution >= 4 is 23.2 Å². The molecule has 8 heteroatoms. The number of nitrogens with zero attached hydrogens (tertiary/aromatic N) is 2. The second-order valence-electron chi connectivity index (χ2n) is 4.05. The number of hydrogen-bond donors (Lipinski definition) is 3. The number of hydrogen-bond acceptors (Lipinski definition) is 5. The van der Waals surface area contributed by atoms with Gasteiger partial charge in [0, 0.05) is 36.9 Å². The molecular formula is C12H15N5O2S. The Labute approximate surface area is 119 Å². The molecule has 0 unspecified atom stereocenters. The van der Waals surface area contributed by atoms with Crippen LogP contribution in [0, 0.1) is 0 Å². The number of H-pyrrole nitrogens is 1. The maximum atomic E-state index is 11.6. The number of amides is 2. The molecule has 3 N–H and O–H groups in total. The standard InChI is InChI=1S/C12H15N5O2S/c18-11(13-4-1-10-15-8-16-17-10)2-5-14-12(19)9-3-6-20-7-9/h3,6-8H,1-2,4-5H2,(H,13,18)(H,14,19)(H,15,16,17). The molecule has 0 aromatic carbocycles. The predicted molar refractivity (Wildman–Crippen MR) is 74.4 cm³/mol. The van der Waals surface area contributed by atoms with E-state index >= 15 is 0 Å². The minimum Gasteiger partial charge on any atom is -0.356 e. The van der Waals surface area contributed by atoms with Crippen LogP contribution in [0.25, 0.3) is 0 Å². The first-order valence-electron chi connectivity index (χ1n) is 6.17. The lowest BCUT2D eigenvalue weighted by molar-refractivity contribution is -0.120. The van der Waals surface area contributed by atoms with Crippen molar-refractivity contribution in [2.24, 2.45) is 0 Å². The summed E-state index contributed by atoms with van der Waals surface area (Å²) >= 11 is 1.46. The maximum Gasteiger partial charge on any atom is 0.252 e. The highest BCUT2D eigenvalue weighted by atomic mass is 32.1. The number of aromatic nitrogens is 3. The molecule has 0 saturated heterocycles. The molecule has 7 nitrogen and oxygen atoms in total. The van der Waals surface area contributed by atoms with Gasteiger partial charge in [0.05, 0.1) is 0 Å². The Morgan fingerprint density at radius 1 is 1.30 bits per heavy atom. The normalized spacial score (nSPS) is 10.2. The minimum absolute atomic E-state index is 0.102. The lowest BCUT2D eigenvalue weighted by Gasteiger charge is -2.05. The van der Waals surface area contributed by atoms with Gasteiger partial charge in [-0.2, -0.15) is 16.4 Å². The van der Waals surface area contributed by atoms with E-state index in [1.807, 2.05) is 5.38 Å². The van der Waals surface area contributed by atoms with Gasteiger partial charge in [0.1, 0.15) is 12.2 Å². The molecule has 0 radical (unpaired) electrons. The summed E-state index contributed by atoms with van der Waals surface area (Å²) in [5.41, 5.74) is 0.626. The molecule has 2 heterocycles. The molecule has 0 saturated carbocycles. The van der Waals surface area contributed by atoms with Gasteiger partial charge in [-0.25, -0.2) is 4.98 Å². The number of thiophene rings is 1. The van der Waals surface area contributed by atoms with E-state index in [1.165, 1.54) is 17.7 Å². The van der Waals surface area contributed by atoms with Crippen LogP contribution in [0.5, 0.6) is 0 Å². The molecule has 0 bridgehead atoms. The third-order valence-corrected chi connectivity index (χ3v) is 3.25. The van der Waals surface area contributed by atoms with Gasteiger partial charge in [0.2, 0.25) is 5.91 Å². The summed E-state index contributed by atoms with van der Waals surface area (Å²) in [6, 6.07) is 1.75. The van der Waals surface area contributed by atoms with Crippen molar-refractivity contribution in [1.29, 1.82) is 0 Å². The fourth-order valence-electron chi connectivity index (χ4n) is 1.55. The van der Waals surface area contributed by atoms with Crippen molar-refractivity contribution in [2.45, 2.75) is 12.8 Å². The van der Waals surface area contributed by atoms with Crippen molar-refractivity contribution in [3.8, 4) is 0 Å². The van der Waals surface area contributed by atoms with Crippen LogP contribution in [0.15, 0.2) is 23.2 Å². The quantitative estimate of drug-likeness (QED) is 0.685. The lowest BCUT2D eigenvalue weighted by atomic mass is 10.3. The Kier molecular flexibility index (Phi) is 5.24. The van der Waals surface area contributed by atoms with Crippen LogP contribution >= 0.6 is 11.3 Å². The highest BCUT2D eigenvalue weighted by Crippen LogP contribution is 2.04. The van der Waals surface area contributed by atoms with Crippen molar-refractivity contribution in [3.63, 3.8) is 0 Å². The SMILES string of the molecule is O=C(CCNC(=O)c1ccsc1)NCCc1ncn[nH]1. The zero-order valence-electron chi connectivity index (χ0n) is 10.8. The smallest absolute Gasteiger partial charge is 0.252 e. The van der Waals surface area contributed by atoms with E-state index in [0.29, 0.717) is 25.1 Å². The number of rotatable bonds is 7. The lowest BCUT2D eigenvalue weighted by Crippen LogP contribution is -2.31. The summed E-state index contributed by atoms with van der Waals surface area (Å²) in [4.78, 5) is 27.1. The van der Waals surface area contributed by atoms with Crippen LogP contribution in [0.2, 0.25) is 0 Å². The highest BCUT2D eigenvalue weighted by molar-refractivity contribution is 7.08. The monoisotopic (exact) mass is 293 g/mol. The Hall–Kier alpha value is -2.22. The van der Waals surface area contributed by atoms with Gasteiger partial charge >= 0.3 is 0 Å². The molecule has 2 amide bonds. The van der Waals surface area contributed by atoms with Crippen molar-refractivity contribution < 1.29 is 9.59 Å². The van der Waals surface area contributed by atoms with Gasteiger partial charge in [-0.15, -0.1) is 0 Å². The van der Waals surface area contributed by atoms with Gasteiger partial charge in [-0.1, -0.05) is 0 Å². The molecule has 0 aliphatic heterocycles. The summed E-state index contributed by atoms with van der Waals surface area (Å²) in [5.74, 6) is 0.479. The van der Waals surface area contributed by atoms with E-state index in [2.05, 4.69) is 25.8 Å². The van der Waals surface area contributed by atoms with E-state index in [1.54, 1.807) is 11.4 Å². The third kappa shape index (κ3) is 4.47. The molecule has 0 spiro atoms. The second kappa shape index (κ2) is 7.39. The Morgan fingerprint density at radius 2 is 2.20 bits per heavy atom. The van der Waals surface area contributed by atoms with Crippen LogP contribution in [0.4, 0.5) is 0 Å². The third-order valence-electron chi connectivity index (χ3n) is 2.57. The largest absolute Gasteiger partial charge is 0.356 e. The minimum atomic E-state index is -0.152. The second-order valence-corrected chi connectivity index (χ2v) is 4.83. The molecule has 0 aliphatic rings. The maximum absolute atomic E-state index is 11.6. The van der Waals surface area contributed by atoms with Crippen LogP contribution < -0.4 is 10.6 Å². The number of carbonyl (C=O) groups excluding carboxylic acids is 2. The van der Waals surface area contributed by atoms with E-state index in [0.717, 1.165) is 5.82 Å². The highest BCUT2D eigenvalue weighted by Gasteiger charge is 2.06. The van der Waals surface area contributed by atoms with Crippen LogP contribution in [-0.2, 0) is 11.2 Å². The van der Waals surface area contributed by atoms with Crippen LogP contribution in [0.1, 0.15) is 22.6 Å². The Bertz CT molecular complexity index is 538. The topological polar surface area (TPSA) is 99.8 Å². The van der Waals surface area contributed by atoms with Gasteiger partial charge in [-0.05, 0) is 11.4 Å². The summed E-state index contributed by atoms with van der Waals surface area (Å²) < 4.78 is 0. The fraction of sp³-hybridized carbons (Fsp3) is 0.333. The van der Waals surface area contributed by atoms with Crippen molar-refractivity contribution in [1.82, 2.24) is 25.8 Å². The zero-order valence-corrected chi connectivity index (χ0v) is 11.6. The summed E-state index contributed by atoms with van der Waals surface area (Å²) in [6.07, 6.45) is 2.29. The molecule has 2 aromatic heterocycles. The average molecular weight is 293 g/mol. The van der Waals surface area contributed by atoms with E-state index in [-0.39, 0.29) is 18.2 Å². The van der Waals surface area contributed by atoms with Gasteiger partial charge in [0.25, 0.3) is 5.91 Å². The Morgan fingerprint density at radius 3 is 2.90 bits per heavy atom. The molecule has 0 atom stereocenters. The average Bonchev–Trinajstić information content (AvgIpc) is 3.12. The molecule has 0 aliphatic carbocycles. The number of nitrogens with one attached hydrogen (secondary N) is 3. The summed E-state index contributed by atoms with van der Waals surface area (Å²) in [6.45, 7) is 0.815. The Balaban J connectivity index is 1.57.